The van der Waals surface area contributed by atoms with E-state index in [0.29, 0.717) is 32.5 Å². The molecule has 0 radical (unpaired) electrons. The van der Waals surface area contributed by atoms with Crippen molar-refractivity contribution in [3.63, 3.8) is 0 Å². The number of benzene rings is 2. The number of likely N-dealkylation sites (N-methyl/N-ethyl adjacent to an activating group) is 1. The van der Waals surface area contributed by atoms with Gasteiger partial charge in [0.05, 0.1) is 5.92 Å². The molecule has 8 nitrogen and oxygen atoms in total. The highest BCUT2D eigenvalue weighted by Crippen LogP contribution is 2.44. The highest BCUT2D eigenvalue weighted by atomic mass is 16.5. The quantitative estimate of drug-likeness (QED) is 0.653. The van der Waals surface area contributed by atoms with Crippen molar-refractivity contribution < 1.29 is 24.2 Å². The first kappa shape index (κ1) is 23.8. The van der Waals surface area contributed by atoms with E-state index in [4.69, 9.17) is 4.74 Å². The van der Waals surface area contributed by atoms with Crippen molar-refractivity contribution in [1.29, 1.82) is 0 Å². The number of carboxylic acids is 1. The highest BCUT2D eigenvalue weighted by Gasteiger charge is 2.33. The van der Waals surface area contributed by atoms with Crippen LogP contribution in [0.15, 0.2) is 48.5 Å². The minimum Gasteiger partial charge on any atom is -0.481 e. The van der Waals surface area contributed by atoms with E-state index in [1.807, 2.05) is 43.3 Å². The summed E-state index contributed by atoms with van der Waals surface area (Å²) in [5, 5.41) is 11.9. The molecular formula is C26H31N3O5. The minimum atomic E-state index is -0.825. The number of fused-ring (bicyclic) bond motifs is 3. The Bertz CT molecular complexity index is 1020. The maximum Gasteiger partial charge on any atom is 0.407 e. The SMILES string of the molecule is CN(C)CC(NC(=O)OCC1c2ccccc2-c2ccccc21)C(=O)N1CCC(C(=O)O)CC1. The molecule has 1 saturated heterocycles. The van der Waals surface area contributed by atoms with Crippen LogP contribution in [0.3, 0.4) is 0 Å². The van der Waals surface area contributed by atoms with Gasteiger partial charge in [0.1, 0.15) is 12.6 Å². The number of carboxylic acid groups (broad SMARTS) is 1. The second kappa shape index (κ2) is 10.3. The maximum absolute atomic E-state index is 13.1. The molecule has 1 unspecified atom stereocenters. The Kier molecular flexibility index (Phi) is 7.17. The highest BCUT2D eigenvalue weighted by molar-refractivity contribution is 5.86. The normalized spacial score (nSPS) is 16.6. The van der Waals surface area contributed by atoms with Gasteiger partial charge in [-0.15, -0.1) is 0 Å². The van der Waals surface area contributed by atoms with Crippen LogP contribution in [0, 0.1) is 5.92 Å². The molecule has 2 aromatic carbocycles. The molecule has 1 aliphatic heterocycles. The van der Waals surface area contributed by atoms with E-state index < -0.39 is 24.0 Å². The van der Waals surface area contributed by atoms with Gasteiger partial charge in [-0.1, -0.05) is 48.5 Å². The molecule has 2 aliphatic rings. The third kappa shape index (κ3) is 5.07. The fourth-order valence-electron chi connectivity index (χ4n) is 4.90. The molecule has 34 heavy (non-hydrogen) atoms. The summed E-state index contributed by atoms with van der Waals surface area (Å²) in [6, 6.07) is 15.5. The van der Waals surface area contributed by atoms with Gasteiger partial charge in [-0.2, -0.15) is 0 Å². The molecule has 2 N–H and O–H groups in total. The van der Waals surface area contributed by atoms with E-state index >= 15 is 0 Å². The van der Waals surface area contributed by atoms with E-state index in [-0.39, 0.29) is 18.4 Å². The van der Waals surface area contributed by atoms with Crippen LogP contribution in [0.5, 0.6) is 0 Å². The fraction of sp³-hybridized carbons (Fsp3) is 0.423. The third-order valence-electron chi connectivity index (χ3n) is 6.64. The number of piperidine rings is 1. The largest absolute Gasteiger partial charge is 0.481 e. The first-order valence-corrected chi connectivity index (χ1v) is 11.6. The topological polar surface area (TPSA) is 99.2 Å². The Balaban J connectivity index is 1.39. The van der Waals surface area contributed by atoms with Gasteiger partial charge in [0.25, 0.3) is 0 Å². The van der Waals surface area contributed by atoms with E-state index in [0.717, 1.165) is 22.3 Å². The third-order valence-corrected chi connectivity index (χ3v) is 6.64. The van der Waals surface area contributed by atoms with Gasteiger partial charge in [0, 0.05) is 25.6 Å². The summed E-state index contributed by atoms with van der Waals surface area (Å²) in [5.41, 5.74) is 4.55. The molecule has 0 spiro atoms. The number of nitrogens with one attached hydrogen (secondary N) is 1. The number of alkyl carbamates (subject to hydrolysis) is 1. The number of rotatable bonds is 7. The first-order valence-electron chi connectivity index (χ1n) is 11.6. The molecule has 8 heteroatoms. The molecule has 0 bridgehead atoms. The van der Waals surface area contributed by atoms with E-state index in [1.165, 1.54) is 0 Å². The number of likely N-dealkylation sites (tertiary alicyclic amines) is 1. The molecule has 1 fully saturated rings. The second-order valence-corrected chi connectivity index (χ2v) is 9.22. The average molecular weight is 466 g/mol. The van der Waals surface area contributed by atoms with E-state index in [2.05, 4.69) is 29.6 Å². The number of carbonyl (C=O) groups excluding carboxylic acids is 2. The number of nitrogens with zero attached hydrogens (tertiary/aromatic N) is 2. The first-order chi connectivity index (χ1) is 16.3. The van der Waals surface area contributed by atoms with Crippen LogP contribution in [0.1, 0.15) is 29.9 Å². The van der Waals surface area contributed by atoms with Crippen LogP contribution in [-0.2, 0) is 14.3 Å². The standard InChI is InChI=1S/C26H31N3O5/c1-28(2)15-23(24(30)29-13-11-17(12-14-29)25(31)32)27-26(33)34-16-22-20-9-5-3-7-18(20)19-8-4-6-10-21(19)22/h3-10,17,22-23H,11-16H2,1-2H3,(H,27,33)(H,31,32). The summed E-state index contributed by atoms with van der Waals surface area (Å²) < 4.78 is 5.62. The lowest BCUT2D eigenvalue weighted by molar-refractivity contribution is -0.146. The molecular weight excluding hydrogens is 434 g/mol. The Morgan fingerprint density at radius 2 is 1.59 bits per heavy atom. The van der Waals surface area contributed by atoms with Gasteiger partial charge >= 0.3 is 12.1 Å². The van der Waals surface area contributed by atoms with Crippen molar-refractivity contribution in [2.75, 3.05) is 40.3 Å². The van der Waals surface area contributed by atoms with Crippen molar-refractivity contribution in [1.82, 2.24) is 15.1 Å². The molecule has 0 aromatic heterocycles. The zero-order valence-electron chi connectivity index (χ0n) is 19.6. The lowest BCUT2D eigenvalue weighted by atomic mass is 9.96. The molecule has 0 saturated carbocycles. The molecule has 2 aromatic rings. The number of ether oxygens (including phenoxy) is 1. The van der Waals surface area contributed by atoms with Crippen molar-refractivity contribution in [2.24, 2.45) is 5.92 Å². The predicted octanol–water partition coefficient (Wildman–Crippen LogP) is 2.78. The number of carbonyl (C=O) groups is 3. The monoisotopic (exact) mass is 465 g/mol. The second-order valence-electron chi connectivity index (χ2n) is 9.22. The molecule has 4 rings (SSSR count). The average Bonchev–Trinajstić information content (AvgIpc) is 3.15. The van der Waals surface area contributed by atoms with Gasteiger partial charge in [-0.3, -0.25) is 9.59 Å². The number of aliphatic carboxylic acids is 1. The predicted molar refractivity (Wildman–Crippen MR) is 127 cm³/mol. The number of amides is 2. The summed E-state index contributed by atoms with van der Waals surface area (Å²) >= 11 is 0. The van der Waals surface area contributed by atoms with Crippen LogP contribution in [0.2, 0.25) is 0 Å². The van der Waals surface area contributed by atoms with E-state index in [1.54, 1.807) is 4.90 Å². The Morgan fingerprint density at radius 1 is 1.03 bits per heavy atom. The minimum absolute atomic E-state index is 0.0591. The summed E-state index contributed by atoms with van der Waals surface area (Å²) in [4.78, 5) is 40.5. The Labute approximate surface area is 199 Å². The zero-order valence-corrected chi connectivity index (χ0v) is 19.6. The van der Waals surface area contributed by atoms with E-state index in [9.17, 15) is 19.5 Å². The van der Waals surface area contributed by atoms with Crippen molar-refractivity contribution in [3.8, 4) is 11.1 Å². The fourth-order valence-corrected chi connectivity index (χ4v) is 4.90. The van der Waals surface area contributed by atoms with Gasteiger partial charge in [-0.05, 0) is 49.2 Å². The van der Waals surface area contributed by atoms with Crippen LogP contribution in [0.4, 0.5) is 4.79 Å². The molecule has 180 valence electrons. The number of hydrogen-bond donors (Lipinski definition) is 2. The van der Waals surface area contributed by atoms with Crippen molar-refractivity contribution in [2.45, 2.75) is 24.8 Å². The number of hydrogen-bond acceptors (Lipinski definition) is 5. The maximum atomic E-state index is 13.1. The summed E-state index contributed by atoms with van der Waals surface area (Å²) in [6.07, 6.45) is 0.198. The van der Waals surface area contributed by atoms with Crippen LogP contribution < -0.4 is 5.32 Å². The summed E-state index contributed by atoms with van der Waals surface area (Å²) in [7, 11) is 3.66. The van der Waals surface area contributed by atoms with Crippen LogP contribution >= 0.6 is 0 Å². The van der Waals surface area contributed by atoms with Gasteiger partial charge < -0.3 is 25.0 Å². The van der Waals surface area contributed by atoms with Gasteiger partial charge in [-0.25, -0.2) is 4.79 Å². The van der Waals surface area contributed by atoms with Gasteiger partial charge in [0.2, 0.25) is 5.91 Å². The molecule has 1 heterocycles. The van der Waals surface area contributed by atoms with Crippen molar-refractivity contribution in [3.05, 3.63) is 59.7 Å². The van der Waals surface area contributed by atoms with Crippen LogP contribution in [0.25, 0.3) is 11.1 Å². The lowest BCUT2D eigenvalue weighted by Crippen LogP contribution is -2.54. The molecule has 2 amide bonds. The smallest absolute Gasteiger partial charge is 0.407 e. The lowest BCUT2D eigenvalue weighted by Gasteiger charge is -2.33. The van der Waals surface area contributed by atoms with Crippen molar-refractivity contribution >= 4 is 18.0 Å². The summed E-state index contributed by atoms with van der Waals surface area (Å²) in [5.74, 6) is -1.53. The Hall–Kier alpha value is -3.39. The molecule has 1 atom stereocenters. The Morgan fingerprint density at radius 3 is 2.12 bits per heavy atom. The van der Waals surface area contributed by atoms with Gasteiger partial charge in [0.15, 0.2) is 0 Å². The zero-order chi connectivity index (χ0) is 24.2. The molecule has 1 aliphatic carbocycles. The summed E-state index contributed by atoms with van der Waals surface area (Å²) in [6.45, 7) is 1.23. The van der Waals surface area contributed by atoms with Crippen LogP contribution in [-0.4, -0.2) is 79.3 Å².